The van der Waals surface area contributed by atoms with E-state index in [1.165, 1.54) is 4.31 Å². The summed E-state index contributed by atoms with van der Waals surface area (Å²) in [4.78, 5) is 11.6. The van der Waals surface area contributed by atoms with Gasteiger partial charge in [0.1, 0.15) is 0 Å². The zero-order valence-corrected chi connectivity index (χ0v) is 10.9. The van der Waals surface area contributed by atoms with Gasteiger partial charge < -0.3 is 5.11 Å². The van der Waals surface area contributed by atoms with E-state index in [0.29, 0.717) is 19.4 Å². The number of nitrogens with zero attached hydrogens (tertiary/aromatic N) is 1. The van der Waals surface area contributed by atoms with Crippen LogP contribution in [0, 0.1) is 5.41 Å². The first kappa shape index (κ1) is 12.8. The average molecular weight is 261 g/mol. The van der Waals surface area contributed by atoms with Crippen molar-refractivity contribution in [3.05, 3.63) is 0 Å². The number of carboxylic acids is 1. The number of aliphatic carboxylic acids is 1. The van der Waals surface area contributed by atoms with Crippen molar-refractivity contribution in [2.75, 3.05) is 12.3 Å². The number of hydrogen-bond donors (Lipinski definition) is 1. The van der Waals surface area contributed by atoms with Crippen LogP contribution in [0.1, 0.15) is 39.0 Å². The maximum atomic E-state index is 12.0. The number of sulfonamides is 1. The molecular weight excluding hydrogens is 242 g/mol. The van der Waals surface area contributed by atoms with Crippen LogP contribution in [0.15, 0.2) is 0 Å². The van der Waals surface area contributed by atoms with Gasteiger partial charge in [0.2, 0.25) is 10.0 Å². The first-order valence-corrected chi connectivity index (χ1v) is 7.78. The van der Waals surface area contributed by atoms with Crippen LogP contribution in [0.4, 0.5) is 0 Å². The van der Waals surface area contributed by atoms with Crippen LogP contribution in [-0.2, 0) is 14.8 Å². The largest absolute Gasteiger partial charge is 0.481 e. The molecule has 1 N–H and O–H groups in total. The second-order valence-corrected chi connectivity index (χ2v) is 7.03. The predicted octanol–water partition coefficient (Wildman–Crippen LogP) is 1.06. The molecule has 2 aliphatic rings. The van der Waals surface area contributed by atoms with E-state index in [9.17, 15) is 18.3 Å². The Morgan fingerprint density at radius 2 is 2.12 bits per heavy atom. The Balaban J connectivity index is 2.42. The van der Waals surface area contributed by atoms with Crippen molar-refractivity contribution in [2.24, 2.45) is 5.41 Å². The SMILES string of the molecule is CCN1C2CCCCC2(C(=O)O)CCS1(=O)=O. The first-order chi connectivity index (χ1) is 7.94. The minimum atomic E-state index is -3.25. The Bertz CT molecular complexity index is 419. The molecular formula is C11H19NO4S. The highest BCUT2D eigenvalue weighted by Gasteiger charge is 2.55. The summed E-state index contributed by atoms with van der Waals surface area (Å²) in [5.41, 5.74) is -0.834. The molecule has 1 aliphatic carbocycles. The van der Waals surface area contributed by atoms with Crippen LogP contribution in [0.2, 0.25) is 0 Å². The van der Waals surface area contributed by atoms with Crippen molar-refractivity contribution < 1.29 is 18.3 Å². The third-order valence-electron chi connectivity index (χ3n) is 4.24. The summed E-state index contributed by atoms with van der Waals surface area (Å²) in [5.74, 6) is -0.848. The Labute approximate surface area is 102 Å². The van der Waals surface area contributed by atoms with Crippen LogP contribution < -0.4 is 0 Å². The van der Waals surface area contributed by atoms with Gasteiger partial charge in [-0.3, -0.25) is 4.79 Å². The fraction of sp³-hybridized carbons (Fsp3) is 0.909. The van der Waals surface area contributed by atoms with Crippen molar-refractivity contribution in [1.29, 1.82) is 0 Å². The summed E-state index contributed by atoms with van der Waals surface area (Å²) in [6.45, 7) is 2.16. The molecule has 2 rings (SSSR count). The highest BCUT2D eigenvalue weighted by atomic mass is 32.2. The number of fused-ring (bicyclic) bond motifs is 1. The van der Waals surface area contributed by atoms with Gasteiger partial charge in [-0.25, -0.2) is 8.42 Å². The van der Waals surface area contributed by atoms with Gasteiger partial charge in [-0.1, -0.05) is 19.8 Å². The molecule has 2 atom stereocenters. The van der Waals surface area contributed by atoms with Crippen LogP contribution in [-0.4, -0.2) is 42.1 Å². The zero-order valence-electron chi connectivity index (χ0n) is 10.1. The molecule has 0 aromatic rings. The summed E-state index contributed by atoms with van der Waals surface area (Å²) in [7, 11) is -3.25. The Morgan fingerprint density at radius 1 is 1.41 bits per heavy atom. The molecule has 0 amide bonds. The Morgan fingerprint density at radius 3 is 2.71 bits per heavy atom. The van der Waals surface area contributed by atoms with Gasteiger partial charge in [-0.2, -0.15) is 4.31 Å². The molecule has 2 unspecified atom stereocenters. The van der Waals surface area contributed by atoms with Gasteiger partial charge in [0.05, 0.1) is 11.2 Å². The lowest BCUT2D eigenvalue weighted by Crippen LogP contribution is -2.60. The maximum absolute atomic E-state index is 12.0. The van der Waals surface area contributed by atoms with Gasteiger partial charge >= 0.3 is 5.97 Å². The molecule has 1 saturated carbocycles. The van der Waals surface area contributed by atoms with E-state index < -0.39 is 21.4 Å². The first-order valence-electron chi connectivity index (χ1n) is 6.17. The summed E-state index contributed by atoms with van der Waals surface area (Å²) >= 11 is 0. The van der Waals surface area contributed by atoms with E-state index >= 15 is 0 Å². The van der Waals surface area contributed by atoms with Crippen molar-refractivity contribution in [3.8, 4) is 0 Å². The topological polar surface area (TPSA) is 74.7 Å². The molecule has 17 heavy (non-hydrogen) atoms. The van der Waals surface area contributed by atoms with E-state index in [4.69, 9.17) is 0 Å². The lowest BCUT2D eigenvalue weighted by Gasteiger charge is -2.49. The minimum Gasteiger partial charge on any atom is -0.481 e. The highest BCUT2D eigenvalue weighted by molar-refractivity contribution is 7.89. The van der Waals surface area contributed by atoms with Crippen LogP contribution in [0.3, 0.4) is 0 Å². The van der Waals surface area contributed by atoms with Gasteiger partial charge in [0.25, 0.3) is 0 Å². The lowest BCUT2D eigenvalue weighted by molar-refractivity contribution is -0.155. The zero-order chi connectivity index (χ0) is 12.7. The molecule has 1 aliphatic heterocycles. The molecule has 0 aromatic heterocycles. The van der Waals surface area contributed by atoms with Crippen LogP contribution >= 0.6 is 0 Å². The van der Waals surface area contributed by atoms with Crippen molar-refractivity contribution >= 4 is 16.0 Å². The van der Waals surface area contributed by atoms with Crippen LogP contribution in [0.25, 0.3) is 0 Å². The number of hydrogen-bond acceptors (Lipinski definition) is 3. The van der Waals surface area contributed by atoms with E-state index in [0.717, 1.165) is 12.8 Å². The summed E-state index contributed by atoms with van der Waals surface area (Å²) in [6.07, 6.45) is 3.37. The fourth-order valence-electron chi connectivity index (χ4n) is 3.33. The molecule has 98 valence electrons. The van der Waals surface area contributed by atoms with Gasteiger partial charge in [0, 0.05) is 12.6 Å². The van der Waals surface area contributed by atoms with Gasteiger partial charge in [-0.05, 0) is 19.3 Å². The molecule has 1 heterocycles. The molecule has 2 fully saturated rings. The number of carboxylic acid groups (broad SMARTS) is 1. The molecule has 0 spiro atoms. The molecule has 0 aromatic carbocycles. The van der Waals surface area contributed by atoms with Crippen LogP contribution in [0.5, 0.6) is 0 Å². The average Bonchev–Trinajstić information content (AvgIpc) is 2.28. The normalized spacial score (nSPS) is 37.4. The highest BCUT2D eigenvalue weighted by Crippen LogP contribution is 2.46. The smallest absolute Gasteiger partial charge is 0.311 e. The molecule has 1 saturated heterocycles. The standard InChI is InChI=1S/C11H19NO4S/c1-2-12-9-5-3-4-6-11(9,10(13)14)7-8-17(12,15)16/h9H,2-8H2,1H3,(H,13,14). The van der Waals surface area contributed by atoms with Crippen molar-refractivity contribution in [3.63, 3.8) is 0 Å². The van der Waals surface area contributed by atoms with E-state index in [1.54, 1.807) is 6.92 Å². The van der Waals surface area contributed by atoms with Crippen molar-refractivity contribution in [2.45, 2.75) is 45.1 Å². The summed E-state index contributed by atoms with van der Waals surface area (Å²) < 4.78 is 25.4. The summed E-state index contributed by atoms with van der Waals surface area (Å²) in [6, 6.07) is -0.336. The van der Waals surface area contributed by atoms with E-state index in [-0.39, 0.29) is 18.2 Å². The quantitative estimate of drug-likeness (QED) is 0.806. The summed E-state index contributed by atoms with van der Waals surface area (Å²) in [5, 5.41) is 9.49. The fourth-order valence-corrected chi connectivity index (χ4v) is 5.27. The van der Waals surface area contributed by atoms with Gasteiger partial charge in [0.15, 0.2) is 0 Å². The third kappa shape index (κ3) is 1.87. The monoisotopic (exact) mass is 261 g/mol. The molecule has 0 radical (unpaired) electrons. The molecule has 6 heteroatoms. The second kappa shape index (κ2) is 4.24. The number of carbonyl (C=O) groups is 1. The van der Waals surface area contributed by atoms with Crippen molar-refractivity contribution in [1.82, 2.24) is 4.31 Å². The molecule has 5 nitrogen and oxygen atoms in total. The third-order valence-corrected chi connectivity index (χ3v) is 6.18. The van der Waals surface area contributed by atoms with Gasteiger partial charge in [-0.15, -0.1) is 0 Å². The second-order valence-electron chi connectivity index (χ2n) is 4.99. The predicted molar refractivity (Wildman–Crippen MR) is 63.1 cm³/mol. The molecule has 0 bridgehead atoms. The van der Waals surface area contributed by atoms with E-state index in [2.05, 4.69) is 0 Å². The Hall–Kier alpha value is -0.620. The lowest BCUT2D eigenvalue weighted by atomic mass is 9.68. The minimum absolute atomic E-state index is 0.0242. The maximum Gasteiger partial charge on any atom is 0.311 e. The van der Waals surface area contributed by atoms with E-state index in [1.807, 2.05) is 0 Å². The number of rotatable bonds is 2. The Kier molecular flexibility index (Phi) is 3.20.